The van der Waals surface area contributed by atoms with Gasteiger partial charge in [-0.15, -0.1) is 6.42 Å². The minimum atomic E-state index is -0.629. The molecule has 0 bridgehead atoms. The highest BCUT2D eigenvalue weighted by molar-refractivity contribution is 5.35. The van der Waals surface area contributed by atoms with Gasteiger partial charge < -0.3 is 10.2 Å². The second kappa shape index (κ2) is 7.16. The molecule has 3 fully saturated rings. The molecule has 1 aliphatic heterocycles. The van der Waals surface area contributed by atoms with E-state index in [0.29, 0.717) is 23.7 Å². The van der Waals surface area contributed by atoms with E-state index in [0.717, 1.165) is 57.8 Å². The van der Waals surface area contributed by atoms with Crippen LogP contribution in [0.2, 0.25) is 0 Å². The molecule has 0 aromatic carbocycles. The average Bonchev–Trinajstić information content (AvgIpc) is 3.33. The van der Waals surface area contributed by atoms with Crippen LogP contribution in [0, 0.1) is 46.8 Å². The lowest BCUT2D eigenvalue weighted by atomic mass is 9.46. The zero-order valence-electron chi connectivity index (χ0n) is 19.6. The topological polar surface area (TPSA) is 65.2 Å². The minimum Gasteiger partial charge on any atom is -0.393 e. The molecule has 0 aromatic rings. The van der Waals surface area contributed by atoms with E-state index in [-0.39, 0.29) is 22.6 Å². The van der Waals surface area contributed by atoms with Crippen LogP contribution in [-0.4, -0.2) is 27.6 Å². The van der Waals surface area contributed by atoms with Gasteiger partial charge in [0, 0.05) is 0 Å². The normalized spacial score (nSPS) is 46.7. The van der Waals surface area contributed by atoms with Crippen LogP contribution in [0.15, 0.2) is 21.9 Å². The monoisotopic (exact) mass is 424 g/mol. The quantitative estimate of drug-likeness (QED) is 0.443. The van der Waals surface area contributed by atoms with E-state index in [1.165, 1.54) is 18.4 Å². The molecule has 170 valence electrons. The largest absolute Gasteiger partial charge is 0.393 e. The number of hydrogen-bond acceptors (Lipinski definition) is 4. The molecule has 4 heteroatoms. The minimum absolute atomic E-state index is 0.128. The number of fused-ring (bicyclic) bond motifs is 5. The highest BCUT2D eigenvalue weighted by Crippen LogP contribution is 2.67. The van der Waals surface area contributed by atoms with Crippen molar-refractivity contribution < 1.29 is 10.2 Å². The summed E-state index contributed by atoms with van der Waals surface area (Å²) in [5, 5.41) is 30.1. The molecule has 4 nitrogen and oxygen atoms in total. The van der Waals surface area contributed by atoms with E-state index in [2.05, 4.69) is 43.0 Å². The van der Waals surface area contributed by atoms with Crippen molar-refractivity contribution in [3.63, 3.8) is 0 Å². The fraction of sp³-hybridized carbons (Fsp3) is 0.852. The van der Waals surface area contributed by atoms with Crippen molar-refractivity contribution in [1.29, 1.82) is 0 Å². The van der Waals surface area contributed by atoms with Crippen molar-refractivity contribution >= 4 is 0 Å². The van der Waals surface area contributed by atoms with Crippen LogP contribution in [0.4, 0.5) is 0 Å². The summed E-state index contributed by atoms with van der Waals surface area (Å²) >= 11 is 0. The summed E-state index contributed by atoms with van der Waals surface area (Å²) in [6, 6.07) is 0. The molecule has 4 aliphatic carbocycles. The van der Waals surface area contributed by atoms with E-state index < -0.39 is 5.60 Å². The number of allylic oxidation sites excluding steroid dienone is 1. The van der Waals surface area contributed by atoms with Crippen molar-refractivity contribution in [3.8, 4) is 12.3 Å². The number of terminal acetylenes is 1. The van der Waals surface area contributed by atoms with Gasteiger partial charge in [0.25, 0.3) is 0 Å². The Morgan fingerprint density at radius 2 is 1.94 bits per heavy atom. The van der Waals surface area contributed by atoms with Crippen molar-refractivity contribution in [2.45, 2.75) is 109 Å². The molecule has 2 N–H and O–H groups in total. The molecule has 0 amide bonds. The van der Waals surface area contributed by atoms with Crippen LogP contribution < -0.4 is 0 Å². The van der Waals surface area contributed by atoms with Gasteiger partial charge in [-0.2, -0.15) is 10.2 Å². The smallest absolute Gasteiger partial charge is 0.188 e. The van der Waals surface area contributed by atoms with Gasteiger partial charge in [0.2, 0.25) is 0 Å². The molecule has 0 unspecified atom stereocenters. The third-order valence-electron chi connectivity index (χ3n) is 10.4. The first-order chi connectivity index (χ1) is 14.6. The lowest BCUT2D eigenvalue weighted by molar-refractivity contribution is -0.101. The van der Waals surface area contributed by atoms with Gasteiger partial charge in [-0.1, -0.05) is 24.5 Å². The second-order valence-electron chi connectivity index (χ2n) is 12.2. The van der Waals surface area contributed by atoms with E-state index in [1.54, 1.807) is 0 Å². The maximum Gasteiger partial charge on any atom is 0.188 e. The Hall–Kier alpha value is -1.18. The summed E-state index contributed by atoms with van der Waals surface area (Å²) in [5.74, 6) is 5.44. The molecule has 3 saturated carbocycles. The predicted molar refractivity (Wildman–Crippen MR) is 122 cm³/mol. The number of nitrogens with zero attached hydrogens (tertiary/aromatic N) is 2. The highest BCUT2D eigenvalue weighted by atomic mass is 16.3. The van der Waals surface area contributed by atoms with E-state index in [4.69, 9.17) is 6.42 Å². The third kappa shape index (κ3) is 3.34. The summed E-state index contributed by atoms with van der Waals surface area (Å²) in [7, 11) is 0. The summed E-state index contributed by atoms with van der Waals surface area (Å²) < 4.78 is 0. The lowest BCUT2D eigenvalue weighted by Crippen LogP contribution is -2.53. The number of hydrogen-bond donors (Lipinski definition) is 2. The fourth-order valence-corrected chi connectivity index (χ4v) is 8.72. The van der Waals surface area contributed by atoms with Crippen molar-refractivity contribution in [2.24, 2.45) is 44.7 Å². The summed E-state index contributed by atoms with van der Waals surface area (Å²) in [4.78, 5) is 0. The van der Waals surface area contributed by atoms with Crippen LogP contribution in [0.3, 0.4) is 0 Å². The van der Waals surface area contributed by atoms with Gasteiger partial charge in [0.1, 0.15) is 0 Å². The molecule has 5 aliphatic rings. The number of rotatable bonds is 5. The first-order valence-corrected chi connectivity index (χ1v) is 12.7. The Labute approximate surface area is 188 Å². The van der Waals surface area contributed by atoms with Gasteiger partial charge in [-0.25, -0.2) is 0 Å². The summed E-state index contributed by atoms with van der Waals surface area (Å²) in [6.07, 6.45) is 19.5. The van der Waals surface area contributed by atoms with Crippen molar-refractivity contribution in [1.82, 2.24) is 0 Å². The van der Waals surface area contributed by atoms with Crippen LogP contribution in [0.1, 0.15) is 91.4 Å². The average molecular weight is 425 g/mol. The first kappa shape index (κ1) is 21.7. The van der Waals surface area contributed by atoms with Crippen LogP contribution in [0.25, 0.3) is 0 Å². The third-order valence-corrected chi connectivity index (χ3v) is 10.4. The molecule has 31 heavy (non-hydrogen) atoms. The van der Waals surface area contributed by atoms with Gasteiger partial charge in [0.05, 0.1) is 17.1 Å². The maximum absolute atomic E-state index is 11.6. The van der Waals surface area contributed by atoms with Crippen LogP contribution in [-0.2, 0) is 0 Å². The first-order valence-electron chi connectivity index (χ1n) is 12.7. The van der Waals surface area contributed by atoms with Crippen LogP contribution in [0.5, 0.6) is 0 Å². The van der Waals surface area contributed by atoms with Crippen LogP contribution >= 0.6 is 0 Å². The predicted octanol–water partition coefficient (Wildman–Crippen LogP) is 5.64. The molecule has 0 spiro atoms. The Kier molecular flexibility index (Phi) is 5.00. The Morgan fingerprint density at radius 3 is 2.65 bits per heavy atom. The van der Waals surface area contributed by atoms with E-state index >= 15 is 0 Å². The zero-order valence-corrected chi connectivity index (χ0v) is 19.6. The summed E-state index contributed by atoms with van der Waals surface area (Å²) in [6.45, 7) is 6.64. The zero-order chi connectivity index (χ0) is 22.1. The molecule has 8 atom stereocenters. The Morgan fingerprint density at radius 1 is 1.16 bits per heavy atom. The molecule has 0 aromatic heterocycles. The van der Waals surface area contributed by atoms with Crippen molar-refractivity contribution in [3.05, 3.63) is 11.6 Å². The van der Waals surface area contributed by atoms with Gasteiger partial charge in [-0.05, 0) is 114 Å². The molecular formula is C27H40N2O2. The maximum atomic E-state index is 11.6. The van der Waals surface area contributed by atoms with Gasteiger partial charge >= 0.3 is 0 Å². The molecule has 5 rings (SSSR count). The van der Waals surface area contributed by atoms with Gasteiger partial charge in [0.15, 0.2) is 5.66 Å². The standard InChI is InChI=1S/C27H40N2O2/c1-5-27-16-11-19(30)17-18(27)7-8-20-21-9-10-23(24(21,2)15-12-22(20)27)25(3,31)13-6-14-26(4)28-29-26/h1,7,19-23,30-31H,6,8-17H2,2-4H3/t19-,20-,21-,22-,23-,24-,25-,27-/m0/s1. The lowest BCUT2D eigenvalue weighted by Gasteiger charge is -2.58. The molecule has 0 saturated heterocycles. The molecule has 0 radical (unpaired) electrons. The number of aliphatic hydroxyl groups is 2. The van der Waals surface area contributed by atoms with E-state index in [9.17, 15) is 10.2 Å². The molecule has 1 heterocycles. The van der Waals surface area contributed by atoms with Gasteiger partial charge in [-0.3, -0.25) is 0 Å². The highest BCUT2D eigenvalue weighted by Gasteiger charge is 2.61. The van der Waals surface area contributed by atoms with Crippen molar-refractivity contribution in [2.75, 3.05) is 0 Å². The SMILES string of the molecule is C#C[C@]12CC[C@H](O)CC1=CC[C@H]1[C@@H]3CC[C@H]([C@@](C)(O)CCCC4(C)N=N4)[C@@]3(C)CC[C@@H]12. The Bertz CT molecular complexity index is 833. The second-order valence-corrected chi connectivity index (χ2v) is 12.2. The van der Waals surface area contributed by atoms with E-state index in [1.807, 2.05) is 0 Å². The fourth-order valence-electron chi connectivity index (χ4n) is 8.72. The molecular weight excluding hydrogens is 384 g/mol. The number of aliphatic hydroxyl groups excluding tert-OH is 1. The Balaban J connectivity index is 1.35. The summed E-state index contributed by atoms with van der Waals surface area (Å²) in [5.41, 5.74) is 0.620.